The molecule has 9 heteroatoms. The molecule has 0 aliphatic heterocycles. The first kappa shape index (κ1) is 22.6. The molecule has 0 spiro atoms. The van der Waals surface area contributed by atoms with Crippen LogP contribution in [0, 0.1) is 5.92 Å². The summed E-state index contributed by atoms with van der Waals surface area (Å²) in [4.78, 5) is 5.13. The van der Waals surface area contributed by atoms with Gasteiger partial charge in [0.1, 0.15) is 4.21 Å². The van der Waals surface area contributed by atoms with Crippen molar-refractivity contribution in [2.24, 2.45) is 10.9 Å². The molecule has 0 saturated carbocycles. The van der Waals surface area contributed by atoms with E-state index in [1.54, 1.807) is 13.1 Å². The third-order valence-electron chi connectivity index (χ3n) is 3.39. The Balaban J connectivity index is 0.00000484. The number of guanidine groups is 1. The molecule has 1 aromatic heterocycles. The van der Waals surface area contributed by atoms with E-state index in [1.807, 2.05) is 6.07 Å². The van der Waals surface area contributed by atoms with Crippen LogP contribution in [0.2, 0.25) is 0 Å². The van der Waals surface area contributed by atoms with Gasteiger partial charge in [-0.1, -0.05) is 13.8 Å². The molecule has 0 amide bonds. The highest BCUT2D eigenvalue weighted by Crippen LogP contribution is 2.23. The van der Waals surface area contributed by atoms with Crippen LogP contribution in [0.5, 0.6) is 0 Å². The largest absolute Gasteiger partial charge is 0.354 e. The van der Waals surface area contributed by atoms with Gasteiger partial charge < -0.3 is 10.6 Å². The summed E-state index contributed by atoms with van der Waals surface area (Å²) in [6.07, 6.45) is 0. The Labute approximate surface area is 160 Å². The van der Waals surface area contributed by atoms with Gasteiger partial charge in [-0.15, -0.1) is 35.3 Å². The second-order valence-corrected chi connectivity index (χ2v) is 9.16. The maximum atomic E-state index is 12.0. The molecule has 1 rings (SSSR count). The van der Waals surface area contributed by atoms with Crippen LogP contribution in [-0.4, -0.2) is 45.9 Å². The first-order chi connectivity index (χ1) is 10.2. The zero-order valence-electron chi connectivity index (χ0n) is 14.5. The van der Waals surface area contributed by atoms with E-state index in [1.165, 1.54) is 29.7 Å². The normalized spacial score (nSPS) is 13.8. The van der Waals surface area contributed by atoms with E-state index < -0.39 is 10.0 Å². The maximum Gasteiger partial charge on any atom is 0.252 e. The van der Waals surface area contributed by atoms with E-state index in [0.29, 0.717) is 28.7 Å². The van der Waals surface area contributed by atoms with Crippen molar-refractivity contribution < 1.29 is 8.42 Å². The fourth-order valence-corrected chi connectivity index (χ4v) is 3.98. The van der Waals surface area contributed by atoms with Crippen LogP contribution in [0.25, 0.3) is 0 Å². The maximum absolute atomic E-state index is 12.0. The van der Waals surface area contributed by atoms with Gasteiger partial charge in [-0.25, -0.2) is 12.7 Å². The number of nitrogens with one attached hydrogen (secondary N) is 2. The molecule has 0 aliphatic rings. The van der Waals surface area contributed by atoms with E-state index in [2.05, 4.69) is 36.4 Å². The molecule has 23 heavy (non-hydrogen) atoms. The van der Waals surface area contributed by atoms with Gasteiger partial charge in [-0.2, -0.15) is 0 Å². The first-order valence-electron chi connectivity index (χ1n) is 7.17. The molecule has 0 aliphatic carbocycles. The Bertz CT molecular complexity index is 612. The van der Waals surface area contributed by atoms with Gasteiger partial charge in [0.25, 0.3) is 10.0 Å². The minimum atomic E-state index is -3.35. The predicted molar refractivity (Wildman–Crippen MR) is 108 cm³/mol. The molecule has 1 unspecified atom stereocenters. The average molecular weight is 474 g/mol. The van der Waals surface area contributed by atoms with Crippen LogP contribution in [0.3, 0.4) is 0 Å². The van der Waals surface area contributed by atoms with Crippen molar-refractivity contribution in [3.63, 3.8) is 0 Å². The van der Waals surface area contributed by atoms with Gasteiger partial charge in [0, 0.05) is 32.1 Å². The standard InChI is InChI=1S/C14H26N4O2S2.HI/c1-10(2)11(3)17-14(15-4)16-9-12-7-8-13(21-12)22(19,20)18(5)6;/h7-8,10-11H,9H2,1-6H3,(H2,15,16,17);1H. The summed E-state index contributed by atoms with van der Waals surface area (Å²) in [7, 11) is 1.44. The van der Waals surface area contributed by atoms with Gasteiger partial charge >= 0.3 is 0 Å². The molecule has 0 radical (unpaired) electrons. The van der Waals surface area contributed by atoms with Crippen molar-refractivity contribution in [1.82, 2.24) is 14.9 Å². The number of nitrogens with zero attached hydrogens (tertiary/aromatic N) is 2. The minimum Gasteiger partial charge on any atom is -0.354 e. The SMILES string of the molecule is CN=C(NCc1ccc(S(=O)(=O)N(C)C)s1)NC(C)C(C)C.I. The van der Waals surface area contributed by atoms with Gasteiger partial charge in [0.15, 0.2) is 5.96 Å². The molecule has 6 nitrogen and oxygen atoms in total. The Kier molecular flexibility index (Phi) is 9.63. The lowest BCUT2D eigenvalue weighted by Crippen LogP contribution is -2.43. The van der Waals surface area contributed by atoms with E-state index in [0.717, 1.165) is 4.88 Å². The molecule has 0 saturated heterocycles. The third-order valence-corrected chi connectivity index (χ3v) is 6.76. The number of halogens is 1. The summed E-state index contributed by atoms with van der Waals surface area (Å²) in [6.45, 7) is 6.92. The van der Waals surface area contributed by atoms with Crippen LogP contribution in [0.1, 0.15) is 25.6 Å². The number of thiophene rings is 1. The van der Waals surface area contributed by atoms with Crippen molar-refractivity contribution in [2.75, 3.05) is 21.1 Å². The van der Waals surface area contributed by atoms with Crippen molar-refractivity contribution in [3.8, 4) is 0 Å². The molecule has 2 N–H and O–H groups in total. The topological polar surface area (TPSA) is 73.8 Å². The van der Waals surface area contributed by atoms with Crippen LogP contribution in [0.15, 0.2) is 21.3 Å². The first-order valence-corrected chi connectivity index (χ1v) is 9.42. The highest BCUT2D eigenvalue weighted by Gasteiger charge is 2.19. The highest BCUT2D eigenvalue weighted by molar-refractivity contribution is 14.0. The Morgan fingerprint density at radius 1 is 1.30 bits per heavy atom. The highest BCUT2D eigenvalue weighted by atomic mass is 127. The Hall–Kier alpha value is -0.390. The van der Waals surface area contributed by atoms with E-state index in [9.17, 15) is 8.42 Å². The molecule has 1 aromatic rings. The smallest absolute Gasteiger partial charge is 0.252 e. The monoisotopic (exact) mass is 474 g/mol. The van der Waals surface area contributed by atoms with Gasteiger partial charge in [0.05, 0.1) is 6.54 Å². The van der Waals surface area contributed by atoms with E-state index >= 15 is 0 Å². The van der Waals surface area contributed by atoms with Crippen molar-refractivity contribution in [1.29, 1.82) is 0 Å². The summed E-state index contributed by atoms with van der Waals surface area (Å²) in [5, 5.41) is 6.52. The van der Waals surface area contributed by atoms with Gasteiger partial charge in [0.2, 0.25) is 0 Å². The van der Waals surface area contributed by atoms with Gasteiger partial charge in [-0.05, 0) is 25.0 Å². The number of aliphatic imine (C=N–C) groups is 1. The molecule has 1 heterocycles. The van der Waals surface area contributed by atoms with Crippen LogP contribution in [0.4, 0.5) is 0 Å². The van der Waals surface area contributed by atoms with Crippen LogP contribution >= 0.6 is 35.3 Å². The number of hydrogen-bond donors (Lipinski definition) is 2. The number of sulfonamides is 1. The second-order valence-electron chi connectivity index (χ2n) is 5.61. The third kappa shape index (κ3) is 6.55. The van der Waals surface area contributed by atoms with Crippen molar-refractivity contribution in [2.45, 2.75) is 37.6 Å². The molecular weight excluding hydrogens is 447 g/mol. The number of hydrogen-bond acceptors (Lipinski definition) is 4. The Morgan fingerprint density at radius 3 is 2.39 bits per heavy atom. The summed E-state index contributed by atoms with van der Waals surface area (Å²) < 4.78 is 25.7. The van der Waals surface area contributed by atoms with Crippen LogP contribution in [-0.2, 0) is 16.6 Å². The molecular formula is C14H27IN4O2S2. The summed E-state index contributed by atoms with van der Waals surface area (Å²) in [5.41, 5.74) is 0. The fraction of sp³-hybridized carbons (Fsp3) is 0.643. The quantitative estimate of drug-likeness (QED) is 0.377. The fourth-order valence-electron chi connectivity index (χ4n) is 1.52. The summed E-state index contributed by atoms with van der Waals surface area (Å²) in [6, 6.07) is 3.77. The zero-order valence-corrected chi connectivity index (χ0v) is 18.4. The molecule has 0 aromatic carbocycles. The van der Waals surface area contributed by atoms with Crippen molar-refractivity contribution >= 4 is 51.3 Å². The lowest BCUT2D eigenvalue weighted by atomic mass is 10.1. The molecule has 1 atom stereocenters. The van der Waals surface area contributed by atoms with Crippen molar-refractivity contribution in [3.05, 3.63) is 17.0 Å². The van der Waals surface area contributed by atoms with E-state index in [4.69, 9.17) is 0 Å². The lowest BCUT2D eigenvalue weighted by Gasteiger charge is -2.20. The number of rotatable bonds is 6. The summed E-state index contributed by atoms with van der Waals surface area (Å²) in [5.74, 6) is 1.21. The lowest BCUT2D eigenvalue weighted by molar-refractivity contribution is 0.481. The molecule has 0 bridgehead atoms. The Morgan fingerprint density at radius 2 is 1.91 bits per heavy atom. The minimum absolute atomic E-state index is 0. The van der Waals surface area contributed by atoms with E-state index in [-0.39, 0.29) is 24.0 Å². The molecule has 0 fully saturated rings. The van der Waals surface area contributed by atoms with Crippen LogP contribution < -0.4 is 10.6 Å². The second kappa shape index (κ2) is 9.80. The predicted octanol–water partition coefficient (Wildman–Crippen LogP) is 2.33. The molecule has 134 valence electrons. The average Bonchev–Trinajstić information content (AvgIpc) is 2.92. The van der Waals surface area contributed by atoms with Gasteiger partial charge in [-0.3, -0.25) is 4.99 Å². The summed E-state index contributed by atoms with van der Waals surface area (Å²) >= 11 is 1.27. The zero-order chi connectivity index (χ0) is 16.9.